The third kappa shape index (κ3) is 4.00. The molecule has 2 atom stereocenters. The van der Waals surface area contributed by atoms with E-state index in [1.54, 1.807) is 11.8 Å². The number of aliphatic carboxylic acids is 1. The Balaban J connectivity index is 2.00. The molecular formula is C16H21NO3S. The lowest BCUT2D eigenvalue weighted by Crippen LogP contribution is -2.36. The molecule has 0 saturated heterocycles. The summed E-state index contributed by atoms with van der Waals surface area (Å²) < 4.78 is 0. The van der Waals surface area contributed by atoms with Crippen molar-refractivity contribution >= 4 is 23.6 Å². The van der Waals surface area contributed by atoms with E-state index in [9.17, 15) is 9.59 Å². The Morgan fingerprint density at radius 3 is 2.90 bits per heavy atom. The number of hydrogen-bond donors (Lipinski definition) is 2. The molecule has 5 heteroatoms. The predicted molar refractivity (Wildman–Crippen MR) is 84.4 cm³/mol. The summed E-state index contributed by atoms with van der Waals surface area (Å²) in [5.41, 5.74) is 2.29. The number of nitrogens with one attached hydrogen (secondary N) is 1. The lowest BCUT2D eigenvalue weighted by Gasteiger charge is -2.24. The molecule has 2 rings (SSSR count). The summed E-state index contributed by atoms with van der Waals surface area (Å²) in [6.45, 7) is 2.16. The van der Waals surface area contributed by atoms with Crippen molar-refractivity contribution in [2.75, 3.05) is 12.3 Å². The maximum absolute atomic E-state index is 12.4. The monoisotopic (exact) mass is 307 g/mol. The highest BCUT2D eigenvalue weighted by Gasteiger charge is 2.27. The normalized spacial score (nSPS) is 18.6. The van der Waals surface area contributed by atoms with Crippen LogP contribution in [0.3, 0.4) is 0 Å². The van der Waals surface area contributed by atoms with E-state index in [1.807, 2.05) is 25.1 Å². The van der Waals surface area contributed by atoms with Crippen molar-refractivity contribution in [3.05, 3.63) is 35.4 Å². The Hall–Kier alpha value is -1.49. The fourth-order valence-corrected chi connectivity index (χ4v) is 3.81. The van der Waals surface area contributed by atoms with Crippen molar-refractivity contribution in [2.45, 2.75) is 31.4 Å². The molecule has 1 heterocycles. The summed E-state index contributed by atoms with van der Waals surface area (Å²) in [5.74, 6) is -0.488. The minimum absolute atomic E-state index is 0.0745. The van der Waals surface area contributed by atoms with Gasteiger partial charge in [0.05, 0.1) is 5.92 Å². The van der Waals surface area contributed by atoms with E-state index < -0.39 is 11.9 Å². The van der Waals surface area contributed by atoms with Crippen LogP contribution in [0.25, 0.3) is 0 Å². The van der Waals surface area contributed by atoms with E-state index >= 15 is 0 Å². The maximum atomic E-state index is 12.4. The molecule has 0 aromatic heterocycles. The largest absolute Gasteiger partial charge is 0.481 e. The van der Waals surface area contributed by atoms with Crippen molar-refractivity contribution in [2.24, 2.45) is 5.92 Å². The van der Waals surface area contributed by atoms with Gasteiger partial charge >= 0.3 is 5.97 Å². The molecule has 1 amide bonds. The predicted octanol–water partition coefficient (Wildman–Crippen LogP) is 2.63. The molecule has 0 radical (unpaired) electrons. The Morgan fingerprint density at radius 2 is 2.19 bits per heavy atom. The molecule has 1 aliphatic rings. The minimum Gasteiger partial charge on any atom is -0.481 e. The molecule has 0 fully saturated rings. The number of thioether (sulfide) groups is 1. The number of amides is 1. The lowest BCUT2D eigenvalue weighted by atomic mass is 10.0. The molecule has 0 aliphatic carbocycles. The summed E-state index contributed by atoms with van der Waals surface area (Å²) in [7, 11) is 0. The van der Waals surface area contributed by atoms with E-state index in [0.717, 1.165) is 24.2 Å². The van der Waals surface area contributed by atoms with Crippen molar-refractivity contribution in [1.29, 1.82) is 0 Å². The molecule has 114 valence electrons. The number of carboxylic acid groups (broad SMARTS) is 1. The fraction of sp³-hybridized carbons (Fsp3) is 0.500. The van der Waals surface area contributed by atoms with E-state index in [2.05, 4.69) is 11.4 Å². The molecular weight excluding hydrogens is 286 g/mol. The van der Waals surface area contributed by atoms with Crippen molar-refractivity contribution < 1.29 is 14.7 Å². The first kappa shape index (κ1) is 15.9. The second-order valence-electron chi connectivity index (χ2n) is 5.27. The Bertz CT molecular complexity index is 518. The number of carbonyl (C=O) groups is 2. The van der Waals surface area contributed by atoms with Crippen LogP contribution in [0.1, 0.15) is 36.1 Å². The van der Waals surface area contributed by atoms with E-state index in [1.165, 1.54) is 5.56 Å². The van der Waals surface area contributed by atoms with Crippen LogP contribution in [0.15, 0.2) is 24.3 Å². The van der Waals surface area contributed by atoms with Gasteiger partial charge in [-0.3, -0.25) is 9.59 Å². The number of carboxylic acids is 1. The van der Waals surface area contributed by atoms with Gasteiger partial charge in [0.25, 0.3) is 0 Å². The molecule has 0 saturated carbocycles. The highest BCUT2D eigenvalue weighted by molar-refractivity contribution is 8.00. The number of fused-ring (bicyclic) bond motifs is 1. The third-order valence-corrected chi connectivity index (χ3v) is 4.98. The number of aryl methyl sites for hydroxylation is 1. The Kier molecular flexibility index (Phi) is 5.67. The second-order valence-corrected chi connectivity index (χ2v) is 6.48. The minimum atomic E-state index is -0.839. The standard InChI is InChI=1S/C16H21NO3S/c1-2-5-12(16(19)20)10-17-15(18)14-13-7-4-3-6-11(13)8-9-21-14/h3-4,6-7,12,14H,2,5,8-10H2,1H3,(H,17,18)(H,19,20). The molecule has 1 aromatic rings. The molecule has 0 spiro atoms. The first-order valence-electron chi connectivity index (χ1n) is 7.33. The Morgan fingerprint density at radius 1 is 1.43 bits per heavy atom. The van der Waals surface area contributed by atoms with Gasteiger partial charge in [-0.05, 0) is 29.7 Å². The first-order valence-corrected chi connectivity index (χ1v) is 8.38. The van der Waals surface area contributed by atoms with Gasteiger partial charge in [0.15, 0.2) is 0 Å². The van der Waals surface area contributed by atoms with Gasteiger partial charge in [0, 0.05) is 6.54 Å². The molecule has 2 unspecified atom stereocenters. The number of benzene rings is 1. The highest BCUT2D eigenvalue weighted by atomic mass is 32.2. The van der Waals surface area contributed by atoms with E-state index in [-0.39, 0.29) is 17.7 Å². The lowest BCUT2D eigenvalue weighted by molar-refractivity contribution is -0.141. The maximum Gasteiger partial charge on any atom is 0.308 e. The van der Waals surface area contributed by atoms with Crippen LogP contribution in [-0.2, 0) is 16.0 Å². The molecule has 4 nitrogen and oxygen atoms in total. The zero-order valence-corrected chi connectivity index (χ0v) is 13.0. The highest BCUT2D eigenvalue weighted by Crippen LogP contribution is 2.36. The number of rotatable bonds is 6. The van der Waals surface area contributed by atoms with Crippen LogP contribution in [-0.4, -0.2) is 29.3 Å². The Labute approximate surface area is 129 Å². The molecule has 0 bridgehead atoms. The van der Waals surface area contributed by atoms with Gasteiger partial charge in [-0.15, -0.1) is 11.8 Å². The van der Waals surface area contributed by atoms with Crippen LogP contribution in [0.5, 0.6) is 0 Å². The number of hydrogen-bond acceptors (Lipinski definition) is 3. The van der Waals surface area contributed by atoms with Crippen LogP contribution in [0.4, 0.5) is 0 Å². The average Bonchev–Trinajstić information content (AvgIpc) is 2.50. The molecule has 2 N–H and O–H groups in total. The SMILES string of the molecule is CCCC(CNC(=O)C1SCCc2ccccc21)C(=O)O. The van der Waals surface area contributed by atoms with Crippen molar-refractivity contribution in [3.63, 3.8) is 0 Å². The van der Waals surface area contributed by atoms with Crippen LogP contribution < -0.4 is 5.32 Å². The van der Waals surface area contributed by atoms with Gasteiger partial charge in [-0.2, -0.15) is 0 Å². The molecule has 1 aromatic carbocycles. The first-order chi connectivity index (χ1) is 10.1. The zero-order chi connectivity index (χ0) is 15.2. The van der Waals surface area contributed by atoms with Gasteiger partial charge in [-0.25, -0.2) is 0 Å². The van der Waals surface area contributed by atoms with Crippen LogP contribution in [0.2, 0.25) is 0 Å². The summed E-state index contributed by atoms with van der Waals surface area (Å²) in [5, 5.41) is 11.7. The smallest absolute Gasteiger partial charge is 0.308 e. The van der Waals surface area contributed by atoms with E-state index in [0.29, 0.717) is 6.42 Å². The summed E-state index contributed by atoms with van der Waals surface area (Å²) in [6.07, 6.45) is 2.37. The fourth-order valence-electron chi connectivity index (χ4n) is 2.59. The van der Waals surface area contributed by atoms with Gasteiger partial charge in [0.1, 0.15) is 5.25 Å². The zero-order valence-electron chi connectivity index (χ0n) is 12.2. The van der Waals surface area contributed by atoms with E-state index in [4.69, 9.17) is 5.11 Å². The summed E-state index contributed by atoms with van der Waals surface area (Å²) >= 11 is 1.63. The quantitative estimate of drug-likeness (QED) is 0.848. The summed E-state index contributed by atoms with van der Waals surface area (Å²) in [6, 6.07) is 7.99. The molecule has 21 heavy (non-hydrogen) atoms. The van der Waals surface area contributed by atoms with Crippen LogP contribution in [0, 0.1) is 5.92 Å². The van der Waals surface area contributed by atoms with Crippen molar-refractivity contribution in [3.8, 4) is 0 Å². The summed E-state index contributed by atoms with van der Waals surface area (Å²) in [4.78, 5) is 23.5. The average molecular weight is 307 g/mol. The topological polar surface area (TPSA) is 66.4 Å². The third-order valence-electron chi connectivity index (χ3n) is 3.74. The van der Waals surface area contributed by atoms with Crippen molar-refractivity contribution in [1.82, 2.24) is 5.32 Å². The van der Waals surface area contributed by atoms with Crippen LogP contribution >= 0.6 is 11.8 Å². The van der Waals surface area contributed by atoms with Gasteiger partial charge in [-0.1, -0.05) is 37.6 Å². The van der Waals surface area contributed by atoms with Gasteiger partial charge in [0.2, 0.25) is 5.91 Å². The second kappa shape index (κ2) is 7.50. The van der Waals surface area contributed by atoms with Gasteiger partial charge < -0.3 is 10.4 Å². The molecule has 1 aliphatic heterocycles. The number of carbonyl (C=O) groups excluding carboxylic acids is 1.